The van der Waals surface area contributed by atoms with Crippen molar-refractivity contribution < 1.29 is 19.5 Å². The van der Waals surface area contributed by atoms with E-state index in [1.54, 1.807) is 23.2 Å². The van der Waals surface area contributed by atoms with Gasteiger partial charge in [0.25, 0.3) is 5.91 Å². The molecule has 302 valence electrons. The molecule has 2 saturated heterocycles. The molecule has 1 unspecified atom stereocenters. The first kappa shape index (κ1) is 39.6. The fraction of sp³-hybridized carbons (Fsp3) is 0.283. The van der Waals surface area contributed by atoms with Gasteiger partial charge < -0.3 is 24.9 Å². The van der Waals surface area contributed by atoms with Crippen LogP contribution in [0.5, 0.6) is 0 Å². The lowest BCUT2D eigenvalue weighted by Crippen LogP contribution is -2.43. The Balaban J connectivity index is 0.936. The number of imidazole rings is 2. The number of amides is 3. The van der Waals surface area contributed by atoms with Gasteiger partial charge in [0.05, 0.1) is 35.9 Å². The molecule has 0 bridgehead atoms. The molecule has 0 aliphatic carbocycles. The molecule has 12 nitrogen and oxygen atoms in total. The summed E-state index contributed by atoms with van der Waals surface area (Å²) in [5, 5.41) is 10.4. The Hall–Kier alpha value is -6.24. The predicted octanol–water partition coefficient (Wildman–Crippen LogP) is 8.77. The van der Waals surface area contributed by atoms with E-state index in [1.165, 1.54) is 7.05 Å². The van der Waals surface area contributed by atoms with Gasteiger partial charge in [0.2, 0.25) is 5.91 Å². The van der Waals surface area contributed by atoms with E-state index in [4.69, 9.17) is 21.6 Å². The number of rotatable bonds is 11. The van der Waals surface area contributed by atoms with Crippen molar-refractivity contribution in [3.63, 3.8) is 0 Å². The molecule has 2 fully saturated rings. The largest absolute Gasteiger partial charge is 0.465 e. The van der Waals surface area contributed by atoms with Crippen LogP contribution in [0.3, 0.4) is 0 Å². The van der Waals surface area contributed by atoms with Gasteiger partial charge in [0, 0.05) is 25.2 Å². The molecule has 0 radical (unpaired) electrons. The number of hydrogen-bond acceptors (Lipinski definition) is 6. The Kier molecular flexibility index (Phi) is 11.4. The zero-order valence-corrected chi connectivity index (χ0v) is 34.0. The number of carbonyl (C=O) groups excluding carboxylic acids is 2. The van der Waals surface area contributed by atoms with E-state index in [0.717, 1.165) is 75.6 Å². The molecule has 2 aliphatic rings. The van der Waals surface area contributed by atoms with Crippen LogP contribution in [0.1, 0.15) is 72.6 Å². The third-order valence-corrected chi connectivity index (χ3v) is 12.0. The summed E-state index contributed by atoms with van der Waals surface area (Å²) in [7, 11) is 5.24. The lowest BCUT2D eigenvalue weighted by Gasteiger charge is -2.32. The van der Waals surface area contributed by atoms with E-state index in [9.17, 15) is 19.5 Å². The van der Waals surface area contributed by atoms with Crippen LogP contribution >= 0.6 is 11.6 Å². The van der Waals surface area contributed by atoms with E-state index >= 15 is 0 Å². The van der Waals surface area contributed by atoms with Crippen LogP contribution in [-0.2, 0) is 9.59 Å². The Bertz CT molecular complexity index is 2430. The zero-order chi connectivity index (χ0) is 41.2. The summed E-state index contributed by atoms with van der Waals surface area (Å²) in [5.41, 5.74) is 7.22. The van der Waals surface area contributed by atoms with Gasteiger partial charge >= 0.3 is 6.09 Å². The van der Waals surface area contributed by atoms with Crippen molar-refractivity contribution in [2.45, 2.75) is 49.9 Å². The smallest absolute Gasteiger partial charge is 0.407 e. The van der Waals surface area contributed by atoms with Crippen LogP contribution in [0, 0.1) is 0 Å². The number of aromatic nitrogens is 4. The molecule has 3 amide bonds. The zero-order valence-electron chi connectivity index (χ0n) is 33.3. The van der Waals surface area contributed by atoms with Crippen LogP contribution in [0.2, 0.25) is 5.02 Å². The van der Waals surface area contributed by atoms with Gasteiger partial charge in [0.1, 0.15) is 23.7 Å². The Morgan fingerprint density at radius 2 is 1.12 bits per heavy atom. The van der Waals surface area contributed by atoms with Crippen molar-refractivity contribution in [2.75, 3.05) is 34.2 Å². The van der Waals surface area contributed by atoms with Crippen LogP contribution in [-0.4, -0.2) is 96.8 Å². The van der Waals surface area contributed by atoms with Gasteiger partial charge in [-0.15, -0.1) is 0 Å². The van der Waals surface area contributed by atoms with Crippen molar-refractivity contribution in [3.8, 4) is 33.6 Å². The van der Waals surface area contributed by atoms with Gasteiger partial charge in [-0.2, -0.15) is 0 Å². The number of carbonyl (C=O) groups is 3. The molecule has 3 N–H and O–H groups in total. The van der Waals surface area contributed by atoms with Crippen LogP contribution < -0.4 is 0 Å². The average molecular weight is 811 g/mol. The Labute approximate surface area is 348 Å². The topological polar surface area (TPSA) is 142 Å². The summed E-state index contributed by atoms with van der Waals surface area (Å²) >= 11 is 6.55. The SMILES string of the molecule is CN(C)C(C(=O)N1CCC[C@H]1c1ncc(-c2ccc(-c3ccc(-c4cnc([C@@H]5CCCN5C(=O)[C@@H](c5ccccc5)N(C)C(=O)O)[nH]4)cc3)cc2)[nH]1)c1ccccc1Cl. The summed E-state index contributed by atoms with van der Waals surface area (Å²) in [4.78, 5) is 63.1. The average Bonchev–Trinajstić information content (AvgIpc) is 4.09. The molecule has 0 spiro atoms. The third-order valence-electron chi connectivity index (χ3n) is 11.6. The monoisotopic (exact) mass is 810 g/mol. The summed E-state index contributed by atoms with van der Waals surface area (Å²) < 4.78 is 0. The number of hydrogen-bond donors (Lipinski definition) is 3. The molecule has 6 aromatic rings. The molecule has 4 atom stereocenters. The lowest BCUT2D eigenvalue weighted by atomic mass is 10.0. The fourth-order valence-corrected chi connectivity index (χ4v) is 8.78. The van der Waals surface area contributed by atoms with Crippen molar-refractivity contribution in [1.29, 1.82) is 0 Å². The Morgan fingerprint density at radius 1 is 0.661 bits per heavy atom. The van der Waals surface area contributed by atoms with Crippen molar-refractivity contribution in [2.24, 2.45) is 0 Å². The second kappa shape index (κ2) is 16.9. The molecule has 13 heteroatoms. The summed E-state index contributed by atoms with van der Waals surface area (Å²) in [6.45, 7) is 1.18. The summed E-state index contributed by atoms with van der Waals surface area (Å²) in [6.07, 6.45) is 5.71. The van der Waals surface area contributed by atoms with E-state index in [2.05, 4.69) is 46.4 Å². The molecule has 0 saturated carbocycles. The van der Waals surface area contributed by atoms with Crippen molar-refractivity contribution in [3.05, 3.63) is 143 Å². The standard InChI is InChI=1S/C46H47ClN8O4/c1-52(2)41(34-13-7-8-14-35(34)47)45(57)55-26-10-16-39(55)43-49-28-37(51-43)32-23-19-30(20-24-32)29-17-21-31(22-18-29)36-27-48-42(50-36)38-15-9-25-54(38)44(56)40(53(3)46(58)59)33-11-5-4-6-12-33/h4-8,11-14,17-24,27-28,38-41H,9-10,15-16,25-26H2,1-3H3,(H,48,50)(H,49,51)(H,58,59)/t38-,39-,40+,41?/m0/s1. The maximum Gasteiger partial charge on any atom is 0.407 e. The maximum absolute atomic E-state index is 14.0. The molecular weight excluding hydrogens is 764 g/mol. The number of halogens is 1. The van der Waals surface area contributed by atoms with E-state index in [-0.39, 0.29) is 23.9 Å². The highest BCUT2D eigenvalue weighted by Crippen LogP contribution is 2.38. The number of aromatic amines is 2. The second-order valence-electron chi connectivity index (χ2n) is 15.5. The minimum absolute atomic E-state index is 0.0132. The molecular formula is C46H47ClN8O4. The van der Waals surface area contributed by atoms with Crippen LogP contribution in [0.4, 0.5) is 4.79 Å². The molecule has 2 aromatic heterocycles. The third kappa shape index (κ3) is 7.98. The first-order valence-electron chi connectivity index (χ1n) is 19.9. The number of likely N-dealkylation sites (tertiary alicyclic amines) is 2. The number of H-pyrrole nitrogens is 2. The molecule has 4 aromatic carbocycles. The summed E-state index contributed by atoms with van der Waals surface area (Å²) in [6, 6.07) is 31.2. The van der Waals surface area contributed by atoms with Crippen LogP contribution in [0.15, 0.2) is 116 Å². The van der Waals surface area contributed by atoms with Crippen LogP contribution in [0.25, 0.3) is 33.6 Å². The molecule has 59 heavy (non-hydrogen) atoms. The lowest BCUT2D eigenvalue weighted by molar-refractivity contribution is -0.138. The van der Waals surface area contributed by atoms with Gasteiger partial charge in [-0.3, -0.25) is 19.4 Å². The van der Waals surface area contributed by atoms with Gasteiger partial charge in [-0.25, -0.2) is 14.8 Å². The quantitative estimate of drug-likeness (QED) is 0.119. The summed E-state index contributed by atoms with van der Waals surface area (Å²) in [5.74, 6) is 1.21. The predicted molar refractivity (Wildman–Crippen MR) is 227 cm³/mol. The number of benzene rings is 4. The molecule has 4 heterocycles. The van der Waals surface area contributed by atoms with E-state index in [1.807, 2.05) is 84.7 Å². The first-order valence-corrected chi connectivity index (χ1v) is 20.3. The highest BCUT2D eigenvalue weighted by atomic mass is 35.5. The maximum atomic E-state index is 14.0. The van der Waals surface area contributed by atoms with Crippen molar-refractivity contribution in [1.82, 2.24) is 39.5 Å². The highest BCUT2D eigenvalue weighted by molar-refractivity contribution is 6.31. The molecule has 8 rings (SSSR count). The highest BCUT2D eigenvalue weighted by Gasteiger charge is 2.40. The fourth-order valence-electron chi connectivity index (χ4n) is 8.54. The van der Waals surface area contributed by atoms with Gasteiger partial charge in [-0.05, 0) is 79.2 Å². The normalized spacial score (nSPS) is 17.6. The minimum atomic E-state index is -1.17. The first-order chi connectivity index (χ1) is 28.6. The number of nitrogens with one attached hydrogen (secondary N) is 2. The van der Waals surface area contributed by atoms with E-state index in [0.29, 0.717) is 29.5 Å². The molecule has 2 aliphatic heterocycles. The number of likely N-dealkylation sites (N-methyl/N-ethyl adjacent to an activating group) is 2. The Morgan fingerprint density at radius 3 is 1.59 bits per heavy atom. The van der Waals surface area contributed by atoms with E-state index < -0.39 is 18.2 Å². The second-order valence-corrected chi connectivity index (χ2v) is 15.9. The van der Waals surface area contributed by atoms with Gasteiger partial charge in [0.15, 0.2) is 0 Å². The van der Waals surface area contributed by atoms with Gasteiger partial charge in [-0.1, -0.05) is 109 Å². The minimum Gasteiger partial charge on any atom is -0.465 e. The van der Waals surface area contributed by atoms with Crippen molar-refractivity contribution >= 4 is 29.5 Å². The number of carboxylic acid groups (broad SMARTS) is 1. The number of nitrogens with zero attached hydrogens (tertiary/aromatic N) is 6.